The van der Waals surface area contributed by atoms with Gasteiger partial charge in [0.15, 0.2) is 0 Å². The SMILES string of the molecule is COC(=O)[C@]1(C)CCCN1C(=O)CCc1ccc(-c2ccccc2)cc1. The van der Waals surface area contributed by atoms with Crippen molar-refractivity contribution in [2.45, 2.75) is 38.1 Å². The van der Waals surface area contributed by atoms with Crippen molar-refractivity contribution in [3.05, 3.63) is 60.2 Å². The summed E-state index contributed by atoms with van der Waals surface area (Å²) < 4.78 is 4.90. The second kappa shape index (κ2) is 7.73. The number of nitrogens with zero attached hydrogens (tertiary/aromatic N) is 1. The molecule has 0 aromatic heterocycles. The van der Waals surface area contributed by atoms with E-state index in [1.54, 1.807) is 11.8 Å². The molecule has 0 saturated carbocycles. The summed E-state index contributed by atoms with van der Waals surface area (Å²) in [5.41, 5.74) is 2.65. The van der Waals surface area contributed by atoms with E-state index in [1.807, 2.05) is 18.2 Å². The molecule has 1 aliphatic rings. The minimum absolute atomic E-state index is 0.0162. The third kappa shape index (κ3) is 3.64. The van der Waals surface area contributed by atoms with Crippen LogP contribution in [0.1, 0.15) is 31.7 Å². The number of hydrogen-bond acceptors (Lipinski definition) is 3. The van der Waals surface area contributed by atoms with E-state index in [-0.39, 0.29) is 11.9 Å². The van der Waals surface area contributed by atoms with Crippen molar-refractivity contribution in [3.8, 4) is 11.1 Å². The van der Waals surface area contributed by atoms with Crippen LogP contribution in [0.5, 0.6) is 0 Å². The number of rotatable bonds is 5. The number of likely N-dealkylation sites (tertiary alicyclic amines) is 1. The molecule has 0 aliphatic carbocycles. The first-order valence-electron chi connectivity index (χ1n) is 9.08. The smallest absolute Gasteiger partial charge is 0.331 e. The Hall–Kier alpha value is -2.62. The quantitative estimate of drug-likeness (QED) is 0.769. The molecule has 1 amide bonds. The average Bonchev–Trinajstić information content (AvgIpc) is 3.09. The number of carbonyl (C=O) groups is 2. The van der Waals surface area contributed by atoms with E-state index >= 15 is 0 Å². The van der Waals surface area contributed by atoms with Gasteiger partial charge in [0.25, 0.3) is 0 Å². The number of carbonyl (C=O) groups excluding carboxylic acids is 2. The van der Waals surface area contributed by atoms with Crippen molar-refractivity contribution in [1.29, 1.82) is 0 Å². The van der Waals surface area contributed by atoms with Crippen LogP contribution in [0.3, 0.4) is 0 Å². The largest absolute Gasteiger partial charge is 0.467 e. The maximum Gasteiger partial charge on any atom is 0.331 e. The fourth-order valence-corrected chi connectivity index (χ4v) is 3.68. The maximum absolute atomic E-state index is 12.7. The monoisotopic (exact) mass is 351 g/mol. The first-order chi connectivity index (χ1) is 12.5. The highest BCUT2D eigenvalue weighted by atomic mass is 16.5. The average molecular weight is 351 g/mol. The number of methoxy groups -OCH3 is 1. The molecular formula is C22H25NO3. The van der Waals surface area contributed by atoms with E-state index in [0.717, 1.165) is 12.0 Å². The van der Waals surface area contributed by atoms with E-state index in [2.05, 4.69) is 36.4 Å². The van der Waals surface area contributed by atoms with E-state index in [1.165, 1.54) is 18.2 Å². The zero-order valence-electron chi connectivity index (χ0n) is 15.4. The van der Waals surface area contributed by atoms with Gasteiger partial charge in [0.1, 0.15) is 5.54 Å². The van der Waals surface area contributed by atoms with Crippen molar-refractivity contribution in [2.24, 2.45) is 0 Å². The highest BCUT2D eigenvalue weighted by Gasteiger charge is 2.46. The Morgan fingerprint density at radius 1 is 1.04 bits per heavy atom. The highest BCUT2D eigenvalue weighted by molar-refractivity contribution is 5.88. The molecule has 1 fully saturated rings. The first kappa shape index (κ1) is 18.2. The summed E-state index contributed by atoms with van der Waals surface area (Å²) in [7, 11) is 1.38. The van der Waals surface area contributed by atoms with Crippen LogP contribution in [-0.4, -0.2) is 36.0 Å². The van der Waals surface area contributed by atoms with Crippen LogP contribution < -0.4 is 0 Å². The Bertz CT molecular complexity index is 770. The second-order valence-electron chi connectivity index (χ2n) is 6.98. The molecule has 1 atom stereocenters. The van der Waals surface area contributed by atoms with Gasteiger partial charge in [-0.2, -0.15) is 0 Å². The Labute approximate surface area is 154 Å². The molecule has 3 rings (SSSR count). The van der Waals surface area contributed by atoms with E-state index in [0.29, 0.717) is 25.8 Å². The molecule has 2 aromatic rings. The zero-order chi connectivity index (χ0) is 18.6. The third-order valence-electron chi connectivity index (χ3n) is 5.26. The molecule has 136 valence electrons. The van der Waals surface area contributed by atoms with Gasteiger partial charge >= 0.3 is 5.97 Å². The minimum Gasteiger partial charge on any atom is -0.467 e. The van der Waals surface area contributed by atoms with Gasteiger partial charge in [0, 0.05) is 13.0 Å². The Balaban J connectivity index is 1.62. The predicted octanol–water partition coefficient (Wildman–Crippen LogP) is 3.84. The van der Waals surface area contributed by atoms with Gasteiger partial charge in [0.05, 0.1) is 7.11 Å². The topological polar surface area (TPSA) is 46.6 Å². The van der Waals surface area contributed by atoms with E-state index < -0.39 is 5.54 Å². The number of esters is 1. The molecule has 2 aromatic carbocycles. The molecule has 0 bridgehead atoms. The molecule has 4 nitrogen and oxygen atoms in total. The van der Waals surface area contributed by atoms with Gasteiger partial charge in [-0.25, -0.2) is 4.79 Å². The summed E-state index contributed by atoms with van der Waals surface area (Å²) >= 11 is 0. The zero-order valence-corrected chi connectivity index (χ0v) is 15.4. The minimum atomic E-state index is -0.816. The normalized spacial score (nSPS) is 19.4. The van der Waals surface area contributed by atoms with Crippen molar-refractivity contribution < 1.29 is 14.3 Å². The van der Waals surface area contributed by atoms with Crippen LogP contribution in [0.4, 0.5) is 0 Å². The number of ether oxygens (including phenoxy) is 1. The first-order valence-corrected chi connectivity index (χ1v) is 9.08. The van der Waals surface area contributed by atoms with Crippen molar-refractivity contribution in [1.82, 2.24) is 4.90 Å². The lowest BCUT2D eigenvalue weighted by molar-refractivity contribution is -0.158. The van der Waals surface area contributed by atoms with Gasteiger partial charge in [0.2, 0.25) is 5.91 Å². The molecule has 0 spiro atoms. The lowest BCUT2D eigenvalue weighted by Gasteiger charge is -2.32. The lowest BCUT2D eigenvalue weighted by Crippen LogP contribution is -2.51. The molecule has 26 heavy (non-hydrogen) atoms. The summed E-state index contributed by atoms with van der Waals surface area (Å²) in [6.45, 7) is 2.43. The van der Waals surface area contributed by atoms with Gasteiger partial charge in [-0.05, 0) is 42.9 Å². The molecule has 1 saturated heterocycles. The van der Waals surface area contributed by atoms with Crippen LogP contribution in [0.15, 0.2) is 54.6 Å². The number of hydrogen-bond donors (Lipinski definition) is 0. The van der Waals surface area contributed by atoms with Gasteiger partial charge in [-0.1, -0.05) is 54.6 Å². The Kier molecular flexibility index (Phi) is 5.40. The van der Waals surface area contributed by atoms with Crippen molar-refractivity contribution in [3.63, 3.8) is 0 Å². The van der Waals surface area contributed by atoms with E-state index in [9.17, 15) is 9.59 Å². The third-order valence-corrected chi connectivity index (χ3v) is 5.26. The van der Waals surface area contributed by atoms with Crippen LogP contribution >= 0.6 is 0 Å². The van der Waals surface area contributed by atoms with Gasteiger partial charge < -0.3 is 9.64 Å². The summed E-state index contributed by atoms with van der Waals surface area (Å²) in [6, 6.07) is 18.5. The predicted molar refractivity (Wildman–Crippen MR) is 102 cm³/mol. The van der Waals surface area contributed by atoms with E-state index in [4.69, 9.17) is 4.74 Å². The fourth-order valence-electron chi connectivity index (χ4n) is 3.68. The summed E-state index contributed by atoms with van der Waals surface area (Å²) in [5.74, 6) is -0.307. The maximum atomic E-state index is 12.7. The van der Waals surface area contributed by atoms with Crippen LogP contribution in [-0.2, 0) is 20.7 Å². The second-order valence-corrected chi connectivity index (χ2v) is 6.98. The Morgan fingerprint density at radius 3 is 2.35 bits per heavy atom. The Morgan fingerprint density at radius 2 is 1.69 bits per heavy atom. The van der Waals surface area contributed by atoms with Gasteiger partial charge in [-0.15, -0.1) is 0 Å². The van der Waals surface area contributed by atoms with Crippen molar-refractivity contribution >= 4 is 11.9 Å². The summed E-state index contributed by atoms with van der Waals surface area (Å²) in [6.07, 6.45) is 2.57. The molecule has 1 heterocycles. The van der Waals surface area contributed by atoms with Crippen LogP contribution in [0.25, 0.3) is 11.1 Å². The fraction of sp³-hybridized carbons (Fsp3) is 0.364. The van der Waals surface area contributed by atoms with Gasteiger partial charge in [-0.3, -0.25) is 4.79 Å². The molecule has 0 N–H and O–H groups in total. The number of benzene rings is 2. The molecule has 1 aliphatic heterocycles. The standard InChI is InChI=1S/C22H25NO3/c1-22(21(25)26-2)15-6-16-23(22)20(24)14-11-17-9-12-19(13-10-17)18-7-4-3-5-8-18/h3-5,7-10,12-13H,6,11,14-16H2,1-2H3/t22-/m0/s1. The molecule has 4 heteroatoms. The summed E-state index contributed by atoms with van der Waals surface area (Å²) in [5, 5.41) is 0. The lowest BCUT2D eigenvalue weighted by atomic mass is 9.98. The summed E-state index contributed by atoms with van der Waals surface area (Å²) in [4.78, 5) is 26.4. The van der Waals surface area contributed by atoms with Crippen LogP contribution in [0, 0.1) is 0 Å². The molecule has 0 radical (unpaired) electrons. The number of aryl methyl sites for hydroxylation is 1. The highest BCUT2D eigenvalue weighted by Crippen LogP contribution is 2.31. The van der Waals surface area contributed by atoms with Crippen LogP contribution in [0.2, 0.25) is 0 Å². The van der Waals surface area contributed by atoms with Crippen molar-refractivity contribution in [2.75, 3.05) is 13.7 Å². The number of amides is 1. The molecule has 0 unspecified atom stereocenters. The molecular weight excluding hydrogens is 326 g/mol.